The summed E-state index contributed by atoms with van der Waals surface area (Å²) in [7, 11) is 0. The molecule has 4 aliphatic rings. The van der Waals surface area contributed by atoms with Crippen molar-refractivity contribution in [2.24, 2.45) is 0 Å². The van der Waals surface area contributed by atoms with Crippen molar-refractivity contribution in [2.45, 2.75) is 20.6 Å². The molecule has 0 N–H and O–H groups in total. The first-order valence-corrected chi connectivity index (χ1v) is 25.3. The molecule has 0 saturated heterocycles. The summed E-state index contributed by atoms with van der Waals surface area (Å²) in [6.07, 6.45) is 0. The molecule has 332 valence electrons. The molecule has 0 radical (unpaired) electrons. The van der Waals surface area contributed by atoms with Crippen LogP contribution in [0.25, 0.3) is 44.5 Å². The molecular weight excluding hydrogens is 879 g/mol. The van der Waals surface area contributed by atoms with Crippen LogP contribution in [0.3, 0.4) is 0 Å². The minimum Gasteiger partial charge on any atom is -0.457 e. The van der Waals surface area contributed by atoms with Gasteiger partial charge in [-0.2, -0.15) is 0 Å². The van der Waals surface area contributed by atoms with E-state index in [4.69, 9.17) is 4.74 Å². The summed E-state index contributed by atoms with van der Waals surface area (Å²) >= 11 is 1.88. The lowest BCUT2D eigenvalue weighted by molar-refractivity contribution is 0.436. The highest BCUT2D eigenvalue weighted by atomic mass is 32.2. The number of nitrogens with zero attached hydrogens (tertiary/aromatic N) is 1. The van der Waals surface area contributed by atoms with E-state index in [1.807, 2.05) is 11.8 Å². The van der Waals surface area contributed by atoms with Crippen molar-refractivity contribution in [3.8, 4) is 56.0 Å². The van der Waals surface area contributed by atoms with Gasteiger partial charge in [-0.05, 0) is 139 Å². The van der Waals surface area contributed by atoms with Gasteiger partial charge in [0.15, 0.2) is 0 Å². The fourth-order valence-electron chi connectivity index (χ4n) is 12.7. The molecular formula is C68H43NOS. The number of hydrogen-bond acceptors (Lipinski definition) is 3. The first kappa shape index (κ1) is 40.3. The molecule has 0 unspecified atom stereocenters. The van der Waals surface area contributed by atoms with Crippen LogP contribution in [0.2, 0.25) is 0 Å². The largest absolute Gasteiger partial charge is 0.457 e. The van der Waals surface area contributed by atoms with Crippen LogP contribution in [-0.2, 0) is 10.8 Å². The van der Waals surface area contributed by atoms with E-state index in [1.165, 1.54) is 87.7 Å². The van der Waals surface area contributed by atoms with Crippen molar-refractivity contribution in [3.63, 3.8) is 0 Å². The molecule has 2 heterocycles. The normalized spacial score (nSPS) is 14.2. The van der Waals surface area contributed by atoms with Crippen LogP contribution < -0.4 is 9.64 Å². The maximum Gasteiger partial charge on any atom is 0.132 e. The molecule has 71 heavy (non-hydrogen) atoms. The molecule has 0 bridgehead atoms. The van der Waals surface area contributed by atoms with Crippen LogP contribution in [0.15, 0.2) is 271 Å². The minimum absolute atomic E-state index is 0.505. The Labute approximate surface area is 418 Å². The summed E-state index contributed by atoms with van der Waals surface area (Å²) in [4.78, 5) is 5.07. The van der Waals surface area contributed by atoms with Crippen molar-refractivity contribution < 1.29 is 4.74 Å². The zero-order valence-electron chi connectivity index (χ0n) is 38.6. The Hall–Kier alpha value is -8.63. The van der Waals surface area contributed by atoms with Gasteiger partial charge in [-0.15, -0.1) is 0 Å². The predicted molar refractivity (Wildman–Crippen MR) is 291 cm³/mol. The molecule has 11 aromatic rings. The smallest absolute Gasteiger partial charge is 0.132 e. The molecule has 0 fully saturated rings. The third-order valence-electron chi connectivity index (χ3n) is 15.6. The average Bonchev–Trinajstić information content (AvgIpc) is 3.89. The third-order valence-corrected chi connectivity index (χ3v) is 16.8. The Morgan fingerprint density at radius 2 is 0.662 bits per heavy atom. The third kappa shape index (κ3) is 5.67. The van der Waals surface area contributed by atoms with Crippen molar-refractivity contribution in [1.29, 1.82) is 0 Å². The van der Waals surface area contributed by atoms with E-state index >= 15 is 0 Å². The van der Waals surface area contributed by atoms with E-state index in [9.17, 15) is 0 Å². The Kier molecular flexibility index (Phi) is 8.76. The summed E-state index contributed by atoms with van der Waals surface area (Å²) in [5.41, 5.74) is 22.2. The Balaban J connectivity index is 0.949. The maximum atomic E-state index is 6.68. The number of hydrogen-bond donors (Lipinski definition) is 0. The summed E-state index contributed by atoms with van der Waals surface area (Å²) in [5, 5.41) is 0. The van der Waals surface area contributed by atoms with Crippen molar-refractivity contribution in [2.75, 3.05) is 4.90 Å². The standard InChI is InChI=1S/C68H43NOS/c1-2-16-44(17-3-1)45-30-32-46(33-31-45)47-34-36-48(37-35-47)69(49-39-41-57-54(42-49)52-19-5-7-21-56(52)67(57)58-22-8-12-26-63(58)70-64-27-13-9-23-59(64)67)50-38-40-53-51-18-4-6-20-55(51)68(62(53)43-50)60-24-10-14-28-65(60)71-66-29-15-11-25-61(66)68/h1-43H. The molecule has 0 aromatic heterocycles. The summed E-state index contributed by atoms with van der Waals surface area (Å²) in [6.45, 7) is 0. The number of para-hydroxylation sites is 2. The van der Waals surface area contributed by atoms with Gasteiger partial charge in [0.25, 0.3) is 0 Å². The number of benzene rings is 11. The van der Waals surface area contributed by atoms with E-state index in [-0.39, 0.29) is 0 Å². The van der Waals surface area contributed by atoms with Crippen LogP contribution in [0.5, 0.6) is 11.5 Å². The molecule has 11 aromatic carbocycles. The highest BCUT2D eigenvalue weighted by Crippen LogP contribution is 2.65. The zero-order chi connectivity index (χ0) is 46.7. The Morgan fingerprint density at radius 3 is 1.27 bits per heavy atom. The highest BCUT2D eigenvalue weighted by molar-refractivity contribution is 7.99. The lowest BCUT2D eigenvalue weighted by Crippen LogP contribution is -2.32. The first-order valence-electron chi connectivity index (χ1n) is 24.5. The molecule has 0 saturated carbocycles. The van der Waals surface area contributed by atoms with E-state index < -0.39 is 10.8 Å². The molecule has 2 nitrogen and oxygen atoms in total. The summed E-state index contributed by atoms with van der Waals surface area (Å²) in [6, 6.07) is 96.5. The second-order valence-electron chi connectivity index (χ2n) is 19.1. The van der Waals surface area contributed by atoms with Gasteiger partial charge in [-0.25, -0.2) is 0 Å². The monoisotopic (exact) mass is 921 g/mol. The second-order valence-corrected chi connectivity index (χ2v) is 20.1. The van der Waals surface area contributed by atoms with E-state index in [0.717, 1.165) is 39.7 Å². The summed E-state index contributed by atoms with van der Waals surface area (Å²) < 4.78 is 6.68. The van der Waals surface area contributed by atoms with Crippen molar-refractivity contribution >= 4 is 28.8 Å². The van der Waals surface area contributed by atoms with Crippen molar-refractivity contribution in [3.05, 3.63) is 305 Å². The van der Waals surface area contributed by atoms with Gasteiger partial charge >= 0.3 is 0 Å². The van der Waals surface area contributed by atoms with Crippen molar-refractivity contribution in [1.82, 2.24) is 0 Å². The second kappa shape index (κ2) is 15.4. The van der Waals surface area contributed by atoms with Gasteiger partial charge in [-0.1, -0.05) is 212 Å². The van der Waals surface area contributed by atoms with E-state index in [0.29, 0.717) is 0 Å². The number of anilines is 3. The Morgan fingerprint density at radius 1 is 0.268 bits per heavy atom. The van der Waals surface area contributed by atoms with Crippen LogP contribution in [0.1, 0.15) is 44.5 Å². The quantitative estimate of drug-likeness (QED) is 0.171. The molecule has 3 heteroatoms. The first-order chi connectivity index (χ1) is 35.2. The topological polar surface area (TPSA) is 12.5 Å². The van der Waals surface area contributed by atoms with Gasteiger partial charge in [0, 0.05) is 38.0 Å². The molecule has 0 amide bonds. The number of fused-ring (bicyclic) bond motifs is 18. The van der Waals surface area contributed by atoms with Gasteiger partial charge in [0.2, 0.25) is 0 Å². The molecule has 2 aliphatic carbocycles. The van der Waals surface area contributed by atoms with Crippen LogP contribution in [0, 0.1) is 0 Å². The van der Waals surface area contributed by atoms with Crippen LogP contribution in [0.4, 0.5) is 17.1 Å². The van der Waals surface area contributed by atoms with Gasteiger partial charge in [-0.3, -0.25) is 0 Å². The fraction of sp³-hybridized carbons (Fsp3) is 0.0294. The van der Waals surface area contributed by atoms with Crippen LogP contribution >= 0.6 is 11.8 Å². The molecule has 2 aliphatic heterocycles. The van der Waals surface area contributed by atoms with E-state index in [1.54, 1.807) is 0 Å². The van der Waals surface area contributed by atoms with Crippen LogP contribution in [-0.4, -0.2) is 0 Å². The van der Waals surface area contributed by atoms with E-state index in [2.05, 4.69) is 266 Å². The highest BCUT2D eigenvalue weighted by Gasteiger charge is 2.52. The zero-order valence-corrected chi connectivity index (χ0v) is 39.4. The minimum atomic E-state index is -0.552. The molecule has 0 atom stereocenters. The Bertz CT molecular complexity index is 3860. The number of rotatable bonds is 5. The summed E-state index contributed by atoms with van der Waals surface area (Å²) in [5.74, 6) is 1.79. The van der Waals surface area contributed by atoms with Gasteiger partial charge < -0.3 is 9.64 Å². The number of ether oxygens (including phenoxy) is 1. The molecule has 2 spiro atoms. The predicted octanol–water partition coefficient (Wildman–Crippen LogP) is 17.8. The molecule has 15 rings (SSSR count). The SMILES string of the molecule is c1ccc(-c2ccc(-c3ccc(N(c4ccc5c(c4)-c4ccccc4C54c5ccccc5Oc5ccccc54)c4ccc5c(c4)C4(c6ccccc6Sc6ccccc64)c4ccccc4-5)cc3)cc2)cc1. The fourth-order valence-corrected chi connectivity index (χ4v) is 13.9. The average molecular weight is 922 g/mol. The lowest BCUT2D eigenvalue weighted by Gasteiger charge is -2.40. The maximum absolute atomic E-state index is 6.68. The lowest BCUT2D eigenvalue weighted by atomic mass is 9.66. The van der Waals surface area contributed by atoms with Gasteiger partial charge in [0.05, 0.1) is 10.8 Å². The van der Waals surface area contributed by atoms with Gasteiger partial charge in [0.1, 0.15) is 11.5 Å².